The van der Waals surface area contributed by atoms with E-state index in [2.05, 4.69) is 172 Å². The van der Waals surface area contributed by atoms with Crippen molar-refractivity contribution in [2.24, 2.45) is 0 Å². The molecule has 4 rings (SSSR count). The molecule has 0 heterocycles. The lowest BCUT2D eigenvalue weighted by Crippen LogP contribution is -2.60. The number of benzene rings is 4. The molecule has 0 aromatic heterocycles. The number of nitrogens with one attached hydrogen (secondary N) is 1. The van der Waals surface area contributed by atoms with Crippen LogP contribution in [0.1, 0.15) is 147 Å². The van der Waals surface area contributed by atoms with Crippen LogP contribution < -0.4 is 5.32 Å². The lowest BCUT2D eigenvalue weighted by molar-refractivity contribution is -0.138. The van der Waals surface area contributed by atoms with Gasteiger partial charge in [-0.25, -0.2) is 4.79 Å². The number of carbonyl (C=O) groups is 2. The fraction of sp³-hybridized carbons (Fsp3) is 0.527. The molecule has 0 aliphatic heterocycles. The van der Waals surface area contributed by atoms with Crippen LogP contribution in [0.25, 0.3) is 0 Å². The van der Waals surface area contributed by atoms with Gasteiger partial charge < -0.3 is 14.5 Å². The zero-order valence-corrected chi connectivity index (χ0v) is 47.2. The van der Waals surface area contributed by atoms with Crippen LogP contribution in [-0.2, 0) is 39.1 Å². The highest BCUT2D eigenvalue weighted by Gasteiger charge is 2.58. The van der Waals surface area contributed by atoms with Gasteiger partial charge in [0, 0.05) is 12.5 Å². The summed E-state index contributed by atoms with van der Waals surface area (Å²) in [4.78, 5) is 26.8. The Kier molecular flexibility index (Phi) is 21.1. The van der Waals surface area contributed by atoms with Gasteiger partial charge in [0.1, 0.15) is 12.6 Å². The number of alkyl carbamates (subject to hydrolysis) is 1. The van der Waals surface area contributed by atoms with Crippen molar-refractivity contribution >= 4 is 48.4 Å². The molecule has 4 aromatic carbocycles. The minimum absolute atomic E-state index is 0.121. The molecule has 0 aliphatic carbocycles. The fourth-order valence-corrected chi connectivity index (χ4v) is 21.6. The highest BCUT2D eigenvalue weighted by molar-refractivity contribution is 7.10. The first-order chi connectivity index (χ1) is 29.3. The van der Waals surface area contributed by atoms with Crippen molar-refractivity contribution in [3.63, 3.8) is 0 Å². The van der Waals surface area contributed by atoms with E-state index in [0.717, 1.165) is 16.7 Å². The van der Waals surface area contributed by atoms with E-state index in [9.17, 15) is 9.59 Å². The summed E-state index contributed by atoms with van der Waals surface area (Å²) in [6, 6.07) is 41.4. The van der Waals surface area contributed by atoms with Crippen molar-refractivity contribution in [1.82, 2.24) is 5.32 Å². The first kappa shape index (κ1) is 56.7. The molecule has 1 atom stereocenters. The number of amides is 1. The smallest absolute Gasteiger partial charge is 0.408 e. The average Bonchev–Trinajstić information content (AvgIpc) is 3.18. The summed E-state index contributed by atoms with van der Waals surface area (Å²) in [6.07, 6.45) is -0.335. The van der Waals surface area contributed by atoms with Crippen molar-refractivity contribution in [2.75, 3.05) is 0 Å². The number of carbonyl (C=O) groups excluding carboxylic acids is 2. The zero-order valence-electron chi connectivity index (χ0n) is 43.1. The predicted octanol–water partition coefficient (Wildman–Crippen LogP) is 15.5. The van der Waals surface area contributed by atoms with Crippen molar-refractivity contribution in [3.8, 4) is 0 Å². The highest BCUT2D eigenvalue weighted by Crippen LogP contribution is 2.53. The standard InChI is InChI=1S/C32H41NO4Si.C15H26Si.C8H19ClSi/c1-31(2,3)38(32(4,5)6,24-27-20-14-9-15-21-27)37-29(34)28(22-25-16-10-7-11-17-25)33-30(35)36-23-26-18-12-8-13-19-26;1-14(2,3)16(15(4,5)6)12-13-10-8-7-9-11-13;1-7(2,3)10(9)8(4,5)6/h7-21,28H,22-24H2,1-6H3,(H,33,35);7-11,16H,12H2,1-6H3;10H,1-6H3/t28-;;/m0../s1. The van der Waals surface area contributed by atoms with Crippen LogP contribution >= 0.6 is 11.1 Å². The zero-order chi connectivity index (χ0) is 48.8. The summed E-state index contributed by atoms with van der Waals surface area (Å²) in [5.41, 5.74) is 4.47. The molecular formula is C55H86ClNO4Si3. The summed E-state index contributed by atoms with van der Waals surface area (Å²) in [5, 5.41) is 3.97. The Morgan fingerprint density at radius 3 is 1.23 bits per heavy atom. The third-order valence-electron chi connectivity index (χ3n) is 12.0. The van der Waals surface area contributed by atoms with E-state index < -0.39 is 43.3 Å². The van der Waals surface area contributed by atoms with Gasteiger partial charge in [0.25, 0.3) is 8.32 Å². The lowest BCUT2D eigenvalue weighted by Gasteiger charge is -2.50. The van der Waals surface area contributed by atoms with E-state index in [1.807, 2.05) is 78.9 Å². The highest BCUT2D eigenvalue weighted by atomic mass is 35.6. The van der Waals surface area contributed by atoms with Gasteiger partial charge in [-0.1, -0.05) is 252 Å². The third kappa shape index (κ3) is 18.8. The molecule has 0 aliphatic rings. The molecule has 5 nitrogen and oxygen atoms in total. The maximum absolute atomic E-state index is 14.0. The van der Waals surface area contributed by atoms with E-state index in [1.54, 1.807) is 0 Å². The minimum Gasteiger partial charge on any atom is -0.516 e. The van der Waals surface area contributed by atoms with Crippen LogP contribution in [0.4, 0.5) is 4.79 Å². The molecule has 9 heteroatoms. The molecule has 64 heavy (non-hydrogen) atoms. The summed E-state index contributed by atoms with van der Waals surface area (Å²) < 4.78 is 12.2. The quantitative estimate of drug-likeness (QED) is 0.120. The maximum atomic E-state index is 14.0. The molecule has 0 spiro atoms. The molecule has 0 radical (unpaired) electrons. The predicted molar refractivity (Wildman–Crippen MR) is 284 cm³/mol. The topological polar surface area (TPSA) is 64.6 Å². The van der Waals surface area contributed by atoms with Gasteiger partial charge in [-0.3, -0.25) is 4.79 Å². The Balaban J connectivity index is 0.000000442. The molecule has 4 aromatic rings. The van der Waals surface area contributed by atoms with Crippen LogP contribution in [0, 0.1) is 0 Å². The Hall–Kier alpha value is -3.44. The molecule has 354 valence electrons. The molecule has 0 fully saturated rings. The van der Waals surface area contributed by atoms with Gasteiger partial charge in [-0.05, 0) is 53.0 Å². The van der Waals surface area contributed by atoms with E-state index >= 15 is 0 Å². The first-order valence-electron chi connectivity index (χ1n) is 23.2. The second-order valence-corrected chi connectivity index (χ2v) is 39.6. The second kappa shape index (κ2) is 23.8. The van der Waals surface area contributed by atoms with Crippen molar-refractivity contribution in [1.29, 1.82) is 0 Å². The van der Waals surface area contributed by atoms with Gasteiger partial charge in [-0.2, -0.15) is 11.1 Å². The van der Waals surface area contributed by atoms with Crippen molar-refractivity contribution in [3.05, 3.63) is 144 Å². The van der Waals surface area contributed by atoms with Gasteiger partial charge in [-0.15, -0.1) is 0 Å². The summed E-state index contributed by atoms with van der Waals surface area (Å²) in [5.74, 6) is -0.419. The van der Waals surface area contributed by atoms with Gasteiger partial charge in [0.2, 0.25) is 0 Å². The minimum atomic E-state index is -2.85. The largest absolute Gasteiger partial charge is 0.516 e. The fourth-order valence-electron chi connectivity index (χ4n) is 9.13. The van der Waals surface area contributed by atoms with Gasteiger partial charge in [0.15, 0.2) is 8.11 Å². The van der Waals surface area contributed by atoms with E-state index in [4.69, 9.17) is 20.2 Å². The third-order valence-corrected chi connectivity index (χ3v) is 30.3. The SMILES string of the molecule is CC(C)(C)[SiH](Cc1ccccc1)C(C)(C)C.CC(C)(C)[SiH](Cl)C(C)(C)C.CC(C)(C)[Si](Cc1ccccc1)(OC(=O)[C@H](Cc1ccccc1)NC(=O)OCc1ccccc1)C(C)(C)C. The molecular weight excluding hydrogens is 858 g/mol. The second-order valence-electron chi connectivity index (χ2n) is 23.9. The molecule has 0 saturated heterocycles. The van der Waals surface area contributed by atoms with Crippen LogP contribution in [0.3, 0.4) is 0 Å². The summed E-state index contributed by atoms with van der Waals surface area (Å²) >= 11 is 6.37. The van der Waals surface area contributed by atoms with Crippen LogP contribution in [0.5, 0.6) is 0 Å². The Labute approximate surface area is 399 Å². The van der Waals surface area contributed by atoms with Crippen LogP contribution in [0.2, 0.25) is 30.2 Å². The molecule has 0 unspecified atom stereocenters. The summed E-state index contributed by atoms with van der Waals surface area (Å²) in [7, 11) is -4.79. The number of hydrogen-bond acceptors (Lipinski definition) is 4. The number of ether oxygens (including phenoxy) is 1. The van der Waals surface area contributed by atoms with Crippen LogP contribution in [0.15, 0.2) is 121 Å². The van der Waals surface area contributed by atoms with Crippen molar-refractivity contribution in [2.45, 2.75) is 186 Å². The van der Waals surface area contributed by atoms with Crippen LogP contribution in [-0.4, -0.2) is 43.3 Å². The normalized spacial score (nSPS) is 13.2. The number of halogens is 1. The Morgan fingerprint density at radius 1 is 0.531 bits per heavy atom. The lowest BCUT2D eigenvalue weighted by atomic mass is 10.1. The van der Waals surface area contributed by atoms with E-state index in [-0.39, 0.29) is 16.7 Å². The molecule has 1 amide bonds. The molecule has 0 saturated carbocycles. The maximum Gasteiger partial charge on any atom is 0.408 e. The average molecular weight is 945 g/mol. The number of hydrogen-bond donors (Lipinski definition) is 1. The molecule has 0 bridgehead atoms. The van der Waals surface area contributed by atoms with E-state index in [0.29, 0.717) is 32.6 Å². The molecule has 1 N–H and O–H groups in total. The van der Waals surface area contributed by atoms with Gasteiger partial charge in [0.05, 0.1) is 8.80 Å². The van der Waals surface area contributed by atoms with Gasteiger partial charge >= 0.3 is 12.1 Å². The summed E-state index contributed by atoms with van der Waals surface area (Å²) in [6.45, 7) is 41.0. The van der Waals surface area contributed by atoms with Crippen molar-refractivity contribution < 1.29 is 18.8 Å². The number of rotatable bonds is 11. The van der Waals surface area contributed by atoms with E-state index in [1.165, 1.54) is 11.6 Å². The Morgan fingerprint density at radius 2 is 0.891 bits per heavy atom. The first-order valence-corrected chi connectivity index (χ1v) is 30.2. The monoisotopic (exact) mass is 944 g/mol. The Bertz CT molecular complexity index is 1910.